The van der Waals surface area contributed by atoms with E-state index in [4.69, 9.17) is 24.1 Å². The van der Waals surface area contributed by atoms with Crippen molar-refractivity contribution >= 4 is 11.9 Å². The number of nitrogens with one attached hydrogen (secondary N) is 1. The van der Waals surface area contributed by atoms with Crippen LogP contribution in [0.5, 0.6) is 5.75 Å². The molecule has 1 aromatic rings. The van der Waals surface area contributed by atoms with E-state index in [-0.39, 0.29) is 5.91 Å². The van der Waals surface area contributed by atoms with Crippen LogP contribution in [-0.2, 0) is 25.6 Å². The summed E-state index contributed by atoms with van der Waals surface area (Å²) in [6.45, 7) is 5.63. The Labute approximate surface area is 191 Å². The maximum Gasteiger partial charge on any atom is 0.490 e. The minimum Gasteiger partial charge on any atom is -0.497 e. The number of methoxy groups -OCH3 is 2. The number of carboxylic acid groups (broad SMARTS) is 1. The average molecular weight is 476 g/mol. The number of amides is 1. The minimum absolute atomic E-state index is 0.102. The second kappa shape index (κ2) is 12.8. The van der Waals surface area contributed by atoms with Gasteiger partial charge in [-0.2, -0.15) is 13.2 Å². The van der Waals surface area contributed by atoms with Crippen molar-refractivity contribution in [1.82, 2.24) is 10.2 Å². The summed E-state index contributed by atoms with van der Waals surface area (Å²) >= 11 is 0. The molecule has 11 heteroatoms. The predicted octanol–water partition coefficient (Wildman–Crippen LogP) is 2.18. The number of carbonyl (C=O) groups excluding carboxylic acids is 1. The number of alkyl halides is 3. The number of hydrogen-bond donors (Lipinski definition) is 2. The van der Waals surface area contributed by atoms with E-state index in [0.29, 0.717) is 43.9 Å². The largest absolute Gasteiger partial charge is 0.497 e. The van der Waals surface area contributed by atoms with Gasteiger partial charge in [-0.1, -0.05) is 12.1 Å². The number of likely N-dealkylation sites (tertiary alicyclic amines) is 1. The van der Waals surface area contributed by atoms with Crippen molar-refractivity contribution in [3.05, 3.63) is 29.8 Å². The maximum absolute atomic E-state index is 12.2. The van der Waals surface area contributed by atoms with Crippen molar-refractivity contribution in [3.8, 4) is 5.75 Å². The molecule has 0 saturated carbocycles. The van der Waals surface area contributed by atoms with E-state index in [1.165, 1.54) is 5.56 Å². The Kier molecular flexibility index (Phi) is 10.4. The van der Waals surface area contributed by atoms with Gasteiger partial charge in [0.25, 0.3) is 0 Å². The summed E-state index contributed by atoms with van der Waals surface area (Å²) in [7, 11) is 3.33. The van der Waals surface area contributed by atoms with Gasteiger partial charge in [-0.15, -0.1) is 0 Å². The molecule has 0 aromatic heterocycles. The van der Waals surface area contributed by atoms with Gasteiger partial charge in [-0.25, -0.2) is 4.79 Å². The Morgan fingerprint density at radius 2 is 1.85 bits per heavy atom. The van der Waals surface area contributed by atoms with Crippen LogP contribution >= 0.6 is 0 Å². The molecule has 3 atom stereocenters. The average Bonchev–Trinajstić information content (AvgIpc) is 3.18. The van der Waals surface area contributed by atoms with Crippen LogP contribution < -0.4 is 10.1 Å². The maximum atomic E-state index is 12.2. The SMILES string of the molecule is COCCNC(=O)C[C@@H]1COC[C@H]2CN(Cc3ccc(OC)cc3)C[C@@H]12.O=C(O)C(F)(F)F. The van der Waals surface area contributed by atoms with Gasteiger partial charge in [0, 0.05) is 39.7 Å². The molecule has 2 heterocycles. The van der Waals surface area contributed by atoms with Gasteiger partial charge >= 0.3 is 12.1 Å². The minimum atomic E-state index is -5.08. The number of carboxylic acids is 1. The fourth-order valence-corrected chi connectivity index (χ4v) is 4.12. The lowest BCUT2D eigenvalue weighted by Crippen LogP contribution is -2.38. The van der Waals surface area contributed by atoms with Crippen LogP contribution in [-0.4, -0.2) is 81.7 Å². The lowest BCUT2D eigenvalue weighted by atomic mass is 9.81. The molecule has 2 fully saturated rings. The lowest BCUT2D eigenvalue weighted by molar-refractivity contribution is -0.192. The van der Waals surface area contributed by atoms with Crippen molar-refractivity contribution in [2.75, 3.05) is 53.7 Å². The van der Waals surface area contributed by atoms with Gasteiger partial charge in [0.05, 0.1) is 26.9 Å². The van der Waals surface area contributed by atoms with Crippen LogP contribution in [0.25, 0.3) is 0 Å². The Balaban J connectivity index is 0.000000479. The van der Waals surface area contributed by atoms with Crippen LogP contribution in [0.4, 0.5) is 13.2 Å². The Hall–Kier alpha value is -2.37. The number of benzene rings is 1. The van der Waals surface area contributed by atoms with Gasteiger partial charge in [0.1, 0.15) is 5.75 Å². The Morgan fingerprint density at radius 3 is 2.42 bits per heavy atom. The number of nitrogens with zero attached hydrogens (tertiary/aromatic N) is 1. The number of carbonyl (C=O) groups is 2. The van der Waals surface area contributed by atoms with E-state index in [2.05, 4.69) is 22.3 Å². The molecule has 186 valence electrons. The van der Waals surface area contributed by atoms with E-state index in [1.807, 2.05) is 12.1 Å². The molecule has 2 aliphatic heterocycles. The third kappa shape index (κ3) is 8.82. The lowest BCUT2D eigenvalue weighted by Gasteiger charge is -2.32. The molecule has 2 saturated heterocycles. The summed E-state index contributed by atoms with van der Waals surface area (Å²) in [5, 5.41) is 10.1. The molecule has 0 bridgehead atoms. The molecule has 8 nitrogen and oxygen atoms in total. The van der Waals surface area contributed by atoms with Crippen LogP contribution in [0, 0.1) is 17.8 Å². The molecule has 0 aliphatic carbocycles. The molecule has 0 unspecified atom stereocenters. The molecule has 1 aromatic carbocycles. The summed E-state index contributed by atoms with van der Waals surface area (Å²) in [6.07, 6.45) is -4.54. The first-order valence-corrected chi connectivity index (χ1v) is 10.6. The van der Waals surface area contributed by atoms with Crippen molar-refractivity contribution in [1.29, 1.82) is 0 Å². The second-order valence-electron chi connectivity index (χ2n) is 8.11. The molecule has 3 rings (SSSR count). The standard InChI is InChI=1S/C20H30N2O4.C2HF3O2/c1-24-8-7-21-20(23)9-16-13-26-14-17-11-22(12-19(16)17)10-15-3-5-18(25-2)6-4-15;3-2(4,5)1(6)7/h3-6,16-17,19H,7-14H2,1-2H3,(H,21,23);(H,6,7)/t16-,17-,19+;/m1./s1. The number of halogens is 3. The number of hydrogen-bond acceptors (Lipinski definition) is 6. The van der Waals surface area contributed by atoms with Gasteiger partial charge in [0.2, 0.25) is 5.91 Å². The summed E-state index contributed by atoms with van der Waals surface area (Å²) in [6, 6.07) is 8.26. The Bertz CT molecular complexity index is 759. The fraction of sp³-hybridized carbons (Fsp3) is 0.636. The highest BCUT2D eigenvalue weighted by atomic mass is 19.4. The van der Waals surface area contributed by atoms with Crippen molar-refractivity contribution in [2.45, 2.75) is 19.1 Å². The number of aliphatic carboxylic acids is 1. The first-order valence-electron chi connectivity index (χ1n) is 10.6. The number of rotatable bonds is 8. The molecule has 2 N–H and O–H groups in total. The van der Waals surface area contributed by atoms with Gasteiger partial charge in [-0.3, -0.25) is 9.69 Å². The summed E-state index contributed by atoms with van der Waals surface area (Å²) in [5.74, 6) is -0.402. The summed E-state index contributed by atoms with van der Waals surface area (Å²) in [4.78, 5) is 23.5. The van der Waals surface area contributed by atoms with Crippen LogP contribution in [0.3, 0.4) is 0 Å². The molecule has 2 aliphatic rings. The first-order chi connectivity index (χ1) is 15.6. The zero-order valence-corrected chi connectivity index (χ0v) is 18.8. The normalized spacial score (nSPS) is 22.6. The zero-order valence-electron chi connectivity index (χ0n) is 18.8. The predicted molar refractivity (Wildman–Crippen MR) is 113 cm³/mol. The van der Waals surface area contributed by atoms with Gasteiger partial charge in [-0.05, 0) is 35.4 Å². The van der Waals surface area contributed by atoms with Gasteiger partial charge < -0.3 is 24.6 Å². The fourth-order valence-electron chi connectivity index (χ4n) is 4.12. The van der Waals surface area contributed by atoms with Crippen molar-refractivity contribution in [2.24, 2.45) is 17.8 Å². The van der Waals surface area contributed by atoms with E-state index < -0.39 is 12.1 Å². The van der Waals surface area contributed by atoms with E-state index in [1.54, 1.807) is 14.2 Å². The topological polar surface area (TPSA) is 97.3 Å². The first kappa shape index (κ1) is 26.9. The van der Waals surface area contributed by atoms with E-state index >= 15 is 0 Å². The smallest absolute Gasteiger partial charge is 0.490 e. The van der Waals surface area contributed by atoms with Crippen LogP contribution in [0.15, 0.2) is 24.3 Å². The van der Waals surface area contributed by atoms with Crippen molar-refractivity contribution < 1.29 is 42.1 Å². The highest BCUT2D eigenvalue weighted by Crippen LogP contribution is 2.36. The third-order valence-corrected chi connectivity index (χ3v) is 5.72. The molecule has 33 heavy (non-hydrogen) atoms. The van der Waals surface area contributed by atoms with Crippen molar-refractivity contribution in [3.63, 3.8) is 0 Å². The van der Waals surface area contributed by atoms with Gasteiger partial charge in [0.15, 0.2) is 0 Å². The molecular formula is C22H31F3N2O6. The molecule has 0 spiro atoms. The van der Waals surface area contributed by atoms with E-state index in [0.717, 1.165) is 32.0 Å². The number of ether oxygens (including phenoxy) is 3. The third-order valence-electron chi connectivity index (χ3n) is 5.72. The zero-order chi connectivity index (χ0) is 24.4. The second-order valence-corrected chi connectivity index (χ2v) is 8.11. The highest BCUT2D eigenvalue weighted by molar-refractivity contribution is 5.76. The monoisotopic (exact) mass is 476 g/mol. The Morgan fingerprint density at radius 1 is 1.18 bits per heavy atom. The quantitative estimate of drug-likeness (QED) is 0.555. The van der Waals surface area contributed by atoms with Crippen LogP contribution in [0.2, 0.25) is 0 Å². The molecule has 0 radical (unpaired) electrons. The summed E-state index contributed by atoms with van der Waals surface area (Å²) in [5.41, 5.74) is 1.29. The number of fused-ring (bicyclic) bond motifs is 1. The molecule has 1 amide bonds. The van der Waals surface area contributed by atoms with E-state index in [9.17, 15) is 18.0 Å². The highest BCUT2D eigenvalue weighted by Gasteiger charge is 2.41. The molecular weight excluding hydrogens is 445 g/mol. The van der Waals surface area contributed by atoms with Crippen LogP contribution in [0.1, 0.15) is 12.0 Å². The summed E-state index contributed by atoms with van der Waals surface area (Å²) < 4.78 is 47.7.